The Hall–Kier alpha value is -2.60. The molecular weight excluding hydrogens is 486 g/mol. The van der Waals surface area contributed by atoms with Crippen LogP contribution in [0.3, 0.4) is 0 Å². The van der Waals surface area contributed by atoms with E-state index in [9.17, 15) is 23.3 Å². The number of nitro benzene ring substituents is 1. The van der Waals surface area contributed by atoms with Crippen molar-refractivity contribution in [2.75, 3.05) is 19.7 Å². The maximum Gasteiger partial charge on any atom is 0.269 e. The number of hydrogen-bond acceptors (Lipinski definition) is 6. The molecule has 190 valence electrons. The Kier molecular flexibility index (Phi) is 7.56. The summed E-state index contributed by atoms with van der Waals surface area (Å²) >= 11 is 0. The van der Waals surface area contributed by atoms with E-state index < -0.39 is 28.8 Å². The summed E-state index contributed by atoms with van der Waals surface area (Å²) in [6.07, 6.45) is 0.193. The normalized spacial score (nSPS) is 18.9. The maximum atomic E-state index is 13.4. The third-order valence-electron chi connectivity index (χ3n) is 6.82. The van der Waals surface area contributed by atoms with Crippen LogP contribution < -0.4 is 4.72 Å². The third-order valence-corrected chi connectivity index (χ3v) is 12.9. The number of nitro groups is 1. The van der Waals surface area contributed by atoms with Crippen LogP contribution in [-0.4, -0.2) is 57.7 Å². The van der Waals surface area contributed by atoms with Gasteiger partial charge in [0.25, 0.3) is 5.69 Å². The van der Waals surface area contributed by atoms with Crippen LogP contribution in [0, 0.1) is 10.1 Å². The van der Waals surface area contributed by atoms with Crippen LogP contribution in [0.25, 0.3) is 0 Å². The van der Waals surface area contributed by atoms with Gasteiger partial charge in [-0.3, -0.25) is 14.9 Å². The highest BCUT2D eigenvalue weighted by Gasteiger charge is 2.54. The molecule has 1 aliphatic rings. The van der Waals surface area contributed by atoms with Crippen molar-refractivity contribution in [2.24, 2.45) is 0 Å². The second kappa shape index (κ2) is 9.80. The summed E-state index contributed by atoms with van der Waals surface area (Å²) in [6.45, 7) is 11.7. The van der Waals surface area contributed by atoms with E-state index >= 15 is 0 Å². The SMILES string of the molecule is CC(C)(C)[Si](C)(C)OCCN1C[C@@](Cc2ccccc2)(NS(=O)(=O)c2ccc([N+](=O)[O-])cc2)C1=O. The minimum atomic E-state index is -4.11. The van der Waals surface area contributed by atoms with Gasteiger partial charge < -0.3 is 9.33 Å². The number of nitrogens with one attached hydrogen (secondary N) is 1. The lowest BCUT2D eigenvalue weighted by Gasteiger charge is -2.49. The first-order valence-electron chi connectivity index (χ1n) is 11.4. The third kappa shape index (κ3) is 5.97. The van der Waals surface area contributed by atoms with Gasteiger partial charge >= 0.3 is 0 Å². The van der Waals surface area contributed by atoms with E-state index in [1.807, 2.05) is 30.3 Å². The monoisotopic (exact) mass is 519 g/mol. The van der Waals surface area contributed by atoms with Gasteiger partial charge in [0.15, 0.2) is 8.32 Å². The van der Waals surface area contributed by atoms with Crippen molar-refractivity contribution >= 4 is 29.9 Å². The van der Waals surface area contributed by atoms with Crippen LogP contribution in [-0.2, 0) is 25.7 Å². The number of nitrogens with zero attached hydrogens (tertiary/aromatic N) is 2. The summed E-state index contributed by atoms with van der Waals surface area (Å²) < 4.78 is 35.1. The molecule has 0 aliphatic carbocycles. The molecule has 35 heavy (non-hydrogen) atoms. The first-order chi connectivity index (χ1) is 16.2. The minimum absolute atomic E-state index is 0.0451. The number of sulfonamides is 1. The largest absolute Gasteiger partial charge is 0.415 e. The summed E-state index contributed by atoms with van der Waals surface area (Å²) in [7, 11) is -6.08. The summed E-state index contributed by atoms with van der Waals surface area (Å²) in [6, 6.07) is 13.8. The lowest BCUT2D eigenvalue weighted by Crippen LogP contribution is -2.75. The zero-order chi connectivity index (χ0) is 26.1. The number of β-lactam (4-membered cyclic amide) rings is 1. The van der Waals surface area contributed by atoms with Crippen molar-refractivity contribution in [3.63, 3.8) is 0 Å². The number of carbonyl (C=O) groups is 1. The standard InChI is InChI=1S/C24H33N3O6SSi/c1-23(2,3)35(4,5)33-16-15-26-18-24(22(26)28,17-19-9-7-6-8-10-19)25-34(31,32)21-13-11-20(12-14-21)27(29)30/h6-14,25H,15-18H2,1-5H3/t24-/m1/s1. The van der Waals surface area contributed by atoms with E-state index in [0.717, 1.165) is 17.7 Å². The summed E-state index contributed by atoms with van der Waals surface area (Å²) in [4.78, 5) is 25.1. The van der Waals surface area contributed by atoms with E-state index in [0.29, 0.717) is 13.2 Å². The molecule has 9 nitrogen and oxygen atoms in total. The average Bonchev–Trinajstić information content (AvgIpc) is 2.78. The van der Waals surface area contributed by atoms with Crippen LogP contribution in [0.5, 0.6) is 0 Å². The molecule has 2 aromatic carbocycles. The van der Waals surface area contributed by atoms with Crippen molar-refractivity contribution in [1.82, 2.24) is 9.62 Å². The predicted octanol–water partition coefficient (Wildman–Crippen LogP) is 3.72. The van der Waals surface area contributed by atoms with Gasteiger partial charge in [0.2, 0.25) is 15.9 Å². The molecule has 1 heterocycles. The molecule has 0 aromatic heterocycles. The molecule has 0 unspecified atom stereocenters. The van der Waals surface area contributed by atoms with Gasteiger partial charge in [-0.05, 0) is 35.8 Å². The first kappa shape index (κ1) is 27.0. The number of rotatable bonds is 10. The number of non-ortho nitro benzene ring substituents is 1. The zero-order valence-electron chi connectivity index (χ0n) is 20.8. The molecule has 1 fully saturated rings. The molecule has 0 spiro atoms. The van der Waals surface area contributed by atoms with E-state index in [-0.39, 0.29) is 34.5 Å². The van der Waals surface area contributed by atoms with E-state index in [2.05, 4.69) is 38.6 Å². The van der Waals surface area contributed by atoms with Gasteiger partial charge in [0, 0.05) is 31.6 Å². The number of likely N-dealkylation sites (tertiary alicyclic amines) is 1. The van der Waals surface area contributed by atoms with Crippen LogP contribution in [0.15, 0.2) is 59.5 Å². The van der Waals surface area contributed by atoms with Crippen molar-refractivity contribution in [3.8, 4) is 0 Å². The van der Waals surface area contributed by atoms with Gasteiger partial charge in [0.1, 0.15) is 5.54 Å². The van der Waals surface area contributed by atoms with E-state index in [1.165, 1.54) is 12.1 Å². The highest BCUT2D eigenvalue weighted by atomic mass is 32.2. The molecule has 1 aliphatic heterocycles. The average molecular weight is 520 g/mol. The fourth-order valence-electron chi connectivity index (χ4n) is 3.74. The van der Waals surface area contributed by atoms with Gasteiger partial charge in [0.05, 0.1) is 16.4 Å². The van der Waals surface area contributed by atoms with Crippen LogP contribution in [0.2, 0.25) is 18.1 Å². The summed E-state index contributed by atoms with van der Waals surface area (Å²) in [5, 5.41) is 11.0. The Morgan fingerprint density at radius 3 is 2.23 bits per heavy atom. The number of carbonyl (C=O) groups excluding carboxylic acids is 1. The van der Waals surface area contributed by atoms with Gasteiger partial charge in [-0.15, -0.1) is 0 Å². The highest BCUT2D eigenvalue weighted by Crippen LogP contribution is 2.37. The summed E-state index contributed by atoms with van der Waals surface area (Å²) in [5.74, 6) is -0.314. The fraction of sp³-hybridized carbons (Fsp3) is 0.458. The highest BCUT2D eigenvalue weighted by molar-refractivity contribution is 7.89. The Morgan fingerprint density at radius 1 is 1.11 bits per heavy atom. The van der Waals surface area contributed by atoms with Gasteiger partial charge in [-0.2, -0.15) is 4.72 Å². The first-order valence-corrected chi connectivity index (χ1v) is 15.8. The van der Waals surface area contributed by atoms with Crippen molar-refractivity contribution in [1.29, 1.82) is 0 Å². The smallest absolute Gasteiger partial charge is 0.269 e. The van der Waals surface area contributed by atoms with Crippen molar-refractivity contribution < 1.29 is 22.6 Å². The van der Waals surface area contributed by atoms with Crippen LogP contribution >= 0.6 is 0 Å². The number of benzene rings is 2. The maximum absolute atomic E-state index is 13.4. The molecular formula is C24H33N3O6SSi. The predicted molar refractivity (Wildman–Crippen MR) is 136 cm³/mol. The quantitative estimate of drug-likeness (QED) is 0.221. The Bertz CT molecular complexity index is 1180. The lowest BCUT2D eigenvalue weighted by atomic mass is 9.83. The molecule has 1 saturated heterocycles. The molecule has 1 N–H and O–H groups in total. The van der Waals surface area contributed by atoms with Crippen molar-refractivity contribution in [3.05, 3.63) is 70.3 Å². The lowest BCUT2D eigenvalue weighted by molar-refractivity contribution is -0.384. The van der Waals surface area contributed by atoms with E-state index in [1.54, 1.807) is 4.90 Å². The second-order valence-corrected chi connectivity index (χ2v) is 16.9. The molecule has 0 bridgehead atoms. The molecule has 1 atom stereocenters. The molecule has 3 rings (SSSR count). The Labute approximate surface area is 207 Å². The minimum Gasteiger partial charge on any atom is -0.415 e. The van der Waals surface area contributed by atoms with Crippen LogP contribution in [0.1, 0.15) is 26.3 Å². The van der Waals surface area contributed by atoms with Crippen LogP contribution in [0.4, 0.5) is 5.69 Å². The fourth-order valence-corrected chi connectivity index (χ4v) is 6.12. The van der Waals surface area contributed by atoms with Crippen molar-refractivity contribution in [2.45, 2.75) is 55.8 Å². The molecule has 1 amide bonds. The second-order valence-electron chi connectivity index (χ2n) is 10.4. The topological polar surface area (TPSA) is 119 Å². The number of hydrogen-bond donors (Lipinski definition) is 1. The molecule has 11 heteroatoms. The zero-order valence-corrected chi connectivity index (χ0v) is 22.6. The number of amides is 1. The molecule has 0 radical (unpaired) electrons. The molecule has 0 saturated carbocycles. The Morgan fingerprint density at radius 2 is 1.71 bits per heavy atom. The van der Waals surface area contributed by atoms with Gasteiger partial charge in [-0.1, -0.05) is 51.1 Å². The van der Waals surface area contributed by atoms with Gasteiger partial charge in [-0.25, -0.2) is 8.42 Å². The Balaban J connectivity index is 1.78. The van der Waals surface area contributed by atoms with E-state index in [4.69, 9.17) is 4.43 Å². The summed E-state index contributed by atoms with van der Waals surface area (Å²) in [5.41, 5.74) is -0.723. The molecule has 2 aromatic rings.